The summed E-state index contributed by atoms with van der Waals surface area (Å²) >= 11 is 0. The van der Waals surface area contributed by atoms with Crippen molar-refractivity contribution >= 4 is 11.6 Å². The first-order chi connectivity index (χ1) is 8.43. The zero-order valence-electron chi connectivity index (χ0n) is 9.62. The second-order valence-corrected chi connectivity index (χ2v) is 4.10. The number of carbonyl (C=O) groups is 1. The fourth-order valence-corrected chi connectivity index (χ4v) is 1.78. The van der Waals surface area contributed by atoms with Crippen LogP contribution in [0.1, 0.15) is 13.3 Å². The van der Waals surface area contributed by atoms with Gasteiger partial charge >= 0.3 is 0 Å². The molecule has 0 saturated carbocycles. The Labute approximate surface area is 101 Å². The van der Waals surface area contributed by atoms with Crippen LogP contribution in [0.2, 0.25) is 0 Å². The Balaban J connectivity index is 2.17. The van der Waals surface area contributed by atoms with E-state index in [0.717, 1.165) is 0 Å². The van der Waals surface area contributed by atoms with Gasteiger partial charge in [0.25, 0.3) is 12.3 Å². The average Bonchev–Trinajstić information content (AvgIpc) is 2.87. The Morgan fingerprint density at radius 2 is 2.39 bits per heavy atom. The fourth-order valence-electron chi connectivity index (χ4n) is 1.78. The summed E-state index contributed by atoms with van der Waals surface area (Å²) < 4.78 is 27.0. The number of hydrazone groups is 1. The van der Waals surface area contributed by atoms with Gasteiger partial charge in [0.15, 0.2) is 0 Å². The van der Waals surface area contributed by atoms with Gasteiger partial charge in [-0.05, 0) is 13.0 Å². The van der Waals surface area contributed by atoms with Gasteiger partial charge in [0.05, 0.1) is 0 Å². The minimum Gasteiger partial charge on any atom is -0.364 e. The van der Waals surface area contributed by atoms with E-state index in [1.165, 1.54) is 24.0 Å². The highest BCUT2D eigenvalue weighted by Gasteiger charge is 2.50. The molecule has 2 rings (SSSR count). The number of alkyl halides is 2. The Hall–Kier alpha value is -1.83. The number of amides is 1. The number of aromatic nitrogens is 2. The van der Waals surface area contributed by atoms with Crippen molar-refractivity contribution in [3.8, 4) is 0 Å². The lowest BCUT2D eigenvalue weighted by molar-refractivity contribution is -0.192. The number of hydrogen-bond acceptors (Lipinski definition) is 4. The van der Waals surface area contributed by atoms with Crippen molar-refractivity contribution < 1.29 is 18.7 Å². The van der Waals surface area contributed by atoms with Crippen LogP contribution in [0.15, 0.2) is 23.6 Å². The van der Waals surface area contributed by atoms with Crippen LogP contribution in [0.4, 0.5) is 8.78 Å². The molecule has 98 valence electrons. The molecular weight excluding hydrogens is 246 g/mol. The van der Waals surface area contributed by atoms with Crippen LogP contribution in [-0.2, 0) is 11.3 Å². The molecule has 1 amide bonds. The molecule has 1 aromatic rings. The summed E-state index contributed by atoms with van der Waals surface area (Å²) in [5, 5.41) is 17.7. The van der Waals surface area contributed by atoms with Crippen molar-refractivity contribution in [2.24, 2.45) is 5.10 Å². The van der Waals surface area contributed by atoms with Crippen LogP contribution in [0.3, 0.4) is 0 Å². The van der Waals surface area contributed by atoms with E-state index in [1.54, 1.807) is 6.07 Å². The van der Waals surface area contributed by atoms with E-state index in [2.05, 4.69) is 10.2 Å². The summed E-state index contributed by atoms with van der Waals surface area (Å²) in [4.78, 5) is 11.8. The van der Waals surface area contributed by atoms with Crippen molar-refractivity contribution in [2.75, 3.05) is 0 Å². The molecule has 0 aromatic carbocycles. The lowest BCUT2D eigenvalue weighted by atomic mass is 10.1. The van der Waals surface area contributed by atoms with E-state index in [1.807, 2.05) is 0 Å². The van der Waals surface area contributed by atoms with E-state index in [9.17, 15) is 18.7 Å². The van der Waals surface area contributed by atoms with Crippen molar-refractivity contribution in [3.05, 3.63) is 18.5 Å². The smallest absolute Gasteiger partial charge is 0.287 e. The molecule has 1 aliphatic rings. The third-order valence-corrected chi connectivity index (χ3v) is 2.60. The van der Waals surface area contributed by atoms with E-state index >= 15 is 0 Å². The van der Waals surface area contributed by atoms with Gasteiger partial charge in [0.2, 0.25) is 5.72 Å². The third kappa shape index (κ3) is 2.10. The minimum atomic E-state index is -3.08. The molecular formula is C10H12F2N4O2. The van der Waals surface area contributed by atoms with Gasteiger partial charge < -0.3 is 5.11 Å². The molecule has 0 spiro atoms. The molecule has 0 saturated heterocycles. The molecule has 1 aliphatic heterocycles. The summed E-state index contributed by atoms with van der Waals surface area (Å²) in [7, 11) is 0. The second-order valence-electron chi connectivity index (χ2n) is 4.10. The van der Waals surface area contributed by atoms with E-state index in [0.29, 0.717) is 5.01 Å². The third-order valence-electron chi connectivity index (χ3n) is 2.60. The Kier molecular flexibility index (Phi) is 3.12. The SMILES string of the molecule is CC1=NN(C(=O)Cn2cccn2)C(O)(C(F)F)C1. The quantitative estimate of drug-likeness (QED) is 0.855. The number of carbonyl (C=O) groups excluding carboxylic acids is 1. The molecule has 8 heteroatoms. The van der Waals surface area contributed by atoms with Crippen molar-refractivity contribution in [3.63, 3.8) is 0 Å². The molecule has 1 aromatic heterocycles. The second kappa shape index (κ2) is 4.45. The molecule has 1 N–H and O–H groups in total. The highest BCUT2D eigenvalue weighted by Crippen LogP contribution is 2.31. The van der Waals surface area contributed by atoms with Gasteiger partial charge in [-0.1, -0.05) is 0 Å². The van der Waals surface area contributed by atoms with Crippen LogP contribution in [-0.4, -0.2) is 43.7 Å². The maximum atomic E-state index is 12.8. The summed E-state index contributed by atoms with van der Waals surface area (Å²) in [6.45, 7) is 1.23. The lowest BCUT2D eigenvalue weighted by Crippen LogP contribution is -2.52. The largest absolute Gasteiger partial charge is 0.364 e. The first kappa shape index (κ1) is 12.6. The molecule has 0 bridgehead atoms. The molecule has 1 unspecified atom stereocenters. The normalized spacial score (nSPS) is 23.6. The van der Waals surface area contributed by atoms with E-state index in [-0.39, 0.29) is 18.7 Å². The first-order valence-corrected chi connectivity index (χ1v) is 5.28. The molecule has 2 heterocycles. The fraction of sp³-hybridized carbons (Fsp3) is 0.500. The topological polar surface area (TPSA) is 70.7 Å². The van der Waals surface area contributed by atoms with Crippen LogP contribution < -0.4 is 0 Å². The molecule has 6 nitrogen and oxygen atoms in total. The lowest BCUT2D eigenvalue weighted by Gasteiger charge is -2.29. The van der Waals surface area contributed by atoms with Gasteiger partial charge in [0, 0.05) is 24.5 Å². The Bertz CT molecular complexity index is 474. The number of hydrogen-bond donors (Lipinski definition) is 1. The average molecular weight is 258 g/mol. The first-order valence-electron chi connectivity index (χ1n) is 5.28. The molecule has 0 radical (unpaired) electrons. The van der Waals surface area contributed by atoms with Crippen LogP contribution in [0.5, 0.6) is 0 Å². The number of halogens is 2. The van der Waals surface area contributed by atoms with Crippen molar-refractivity contribution in [1.29, 1.82) is 0 Å². The zero-order chi connectivity index (χ0) is 13.3. The van der Waals surface area contributed by atoms with Gasteiger partial charge in [0.1, 0.15) is 6.54 Å². The highest BCUT2D eigenvalue weighted by atomic mass is 19.3. The molecule has 0 fully saturated rings. The predicted octanol–water partition coefficient (Wildman–Crippen LogP) is 0.445. The monoisotopic (exact) mass is 258 g/mol. The highest BCUT2D eigenvalue weighted by molar-refractivity contribution is 5.88. The van der Waals surface area contributed by atoms with Crippen LogP contribution in [0.25, 0.3) is 0 Å². The van der Waals surface area contributed by atoms with Gasteiger partial charge in [-0.3, -0.25) is 9.48 Å². The van der Waals surface area contributed by atoms with Crippen LogP contribution >= 0.6 is 0 Å². The summed E-state index contributed by atoms with van der Waals surface area (Å²) in [5.41, 5.74) is -2.26. The van der Waals surface area contributed by atoms with E-state index < -0.39 is 18.1 Å². The molecule has 1 atom stereocenters. The maximum absolute atomic E-state index is 12.8. The van der Waals surface area contributed by atoms with Gasteiger partial charge in [-0.25, -0.2) is 8.78 Å². The minimum absolute atomic E-state index is 0.251. The van der Waals surface area contributed by atoms with Gasteiger partial charge in [-0.15, -0.1) is 0 Å². The summed E-state index contributed by atoms with van der Waals surface area (Å²) in [6.07, 6.45) is -0.452. The van der Waals surface area contributed by atoms with Crippen molar-refractivity contribution in [2.45, 2.75) is 32.0 Å². The Morgan fingerprint density at radius 3 is 2.94 bits per heavy atom. The van der Waals surface area contributed by atoms with Crippen LogP contribution in [0, 0.1) is 0 Å². The summed E-state index contributed by atoms with van der Waals surface area (Å²) in [5.74, 6) is -0.738. The molecule has 18 heavy (non-hydrogen) atoms. The predicted molar refractivity (Wildman–Crippen MR) is 57.8 cm³/mol. The van der Waals surface area contributed by atoms with Crippen molar-refractivity contribution in [1.82, 2.24) is 14.8 Å². The Morgan fingerprint density at radius 1 is 1.67 bits per heavy atom. The standard InChI is InChI=1S/C10H12F2N4O2/c1-7-5-10(18,9(11)12)16(14-7)8(17)6-15-4-2-3-13-15/h2-4,9,18H,5-6H2,1H3. The maximum Gasteiger partial charge on any atom is 0.287 e. The van der Waals surface area contributed by atoms with Gasteiger partial charge in [-0.2, -0.15) is 15.2 Å². The number of nitrogens with zero attached hydrogens (tertiary/aromatic N) is 4. The van der Waals surface area contributed by atoms with E-state index in [4.69, 9.17) is 0 Å². The molecule has 0 aliphatic carbocycles. The number of aliphatic hydroxyl groups is 1. The summed E-state index contributed by atoms with van der Waals surface area (Å²) in [6, 6.07) is 1.60. The zero-order valence-corrected chi connectivity index (χ0v) is 9.62. The number of rotatable bonds is 3.